The van der Waals surface area contributed by atoms with Gasteiger partial charge in [0.1, 0.15) is 5.75 Å². The van der Waals surface area contributed by atoms with Gasteiger partial charge in [0.2, 0.25) is 10.5 Å². The van der Waals surface area contributed by atoms with E-state index in [-0.39, 0.29) is 0 Å². The summed E-state index contributed by atoms with van der Waals surface area (Å²) in [6.07, 6.45) is 0. The third-order valence-corrected chi connectivity index (χ3v) is 3.72. The zero-order chi connectivity index (χ0) is 13.8. The zero-order valence-electron chi connectivity index (χ0n) is 11.3. The van der Waals surface area contributed by atoms with Crippen LogP contribution >= 0.6 is 0 Å². The molecule has 0 unspecified atom stereocenters. The second-order valence-electron chi connectivity index (χ2n) is 4.53. The van der Waals surface area contributed by atoms with Crippen LogP contribution in [-0.4, -0.2) is 10.5 Å². The van der Waals surface area contributed by atoms with E-state index in [0.29, 0.717) is 10.5 Å². The minimum atomic E-state index is 0.655. The van der Waals surface area contributed by atoms with Crippen molar-refractivity contribution in [1.82, 2.24) is 0 Å². The predicted octanol–water partition coefficient (Wildman–Crippen LogP) is 3.48. The van der Waals surface area contributed by atoms with Gasteiger partial charge in [-0.1, -0.05) is 66.7 Å². The lowest BCUT2D eigenvalue weighted by Crippen LogP contribution is -1.92. The molecule has 0 aliphatic rings. The Bertz CT molecular complexity index is 693. The largest absolute Gasteiger partial charge is 0.552 e. The van der Waals surface area contributed by atoms with Crippen LogP contribution in [0.4, 0.5) is 0 Å². The van der Waals surface area contributed by atoms with Crippen LogP contribution in [0.2, 0.25) is 0 Å². The molecule has 0 heterocycles. The zero-order valence-corrected chi connectivity index (χ0v) is 13.3. The van der Waals surface area contributed by atoms with E-state index >= 15 is 0 Å². The van der Waals surface area contributed by atoms with E-state index in [1.54, 1.807) is 0 Å². The molecule has 0 bridgehead atoms. The maximum Gasteiger partial charge on any atom is 0.204 e. The third kappa shape index (κ3) is 2.38. The Kier molecular flexibility index (Phi) is 3.66. The van der Waals surface area contributed by atoms with Crippen LogP contribution in [0, 0.1) is 6.07 Å². The van der Waals surface area contributed by atoms with Gasteiger partial charge in [0, 0.05) is 11.6 Å². The molecule has 97 valence electrons. The summed E-state index contributed by atoms with van der Waals surface area (Å²) in [5.74, 6) is 0.837. The van der Waals surface area contributed by atoms with E-state index in [1.807, 2.05) is 30.3 Å². The topological polar surface area (TPSA) is 9.23 Å². The van der Waals surface area contributed by atoms with Crippen LogP contribution in [0.5, 0.6) is 5.75 Å². The highest BCUT2D eigenvalue weighted by Crippen LogP contribution is 2.38. The maximum atomic E-state index is 5.65. The monoisotopic (exact) mass is 275 g/mol. The lowest BCUT2D eigenvalue weighted by Gasteiger charge is -2.14. The molecule has 0 saturated heterocycles. The summed E-state index contributed by atoms with van der Waals surface area (Å²) in [6.45, 7) is 0. The summed E-state index contributed by atoms with van der Waals surface area (Å²) in [4.78, 5) is 0. The SMILES string of the molecule is [SiH3]Oc1[c]ccc(-c2ccccc2)c1-c1ccccc1. The van der Waals surface area contributed by atoms with E-state index in [0.717, 1.165) is 16.9 Å². The van der Waals surface area contributed by atoms with Gasteiger partial charge in [-0.15, -0.1) is 0 Å². The van der Waals surface area contributed by atoms with Crippen molar-refractivity contribution in [3.05, 3.63) is 78.9 Å². The molecule has 0 amide bonds. The molecule has 0 atom stereocenters. The summed E-state index contributed by atoms with van der Waals surface area (Å²) in [5.41, 5.74) is 4.66. The van der Waals surface area contributed by atoms with E-state index in [9.17, 15) is 0 Å². The van der Waals surface area contributed by atoms with E-state index < -0.39 is 0 Å². The molecule has 3 rings (SSSR count). The number of hydrogen-bond donors (Lipinski definition) is 0. The molecule has 0 spiro atoms. The third-order valence-electron chi connectivity index (χ3n) is 3.31. The maximum absolute atomic E-state index is 5.65. The quantitative estimate of drug-likeness (QED) is 0.665. The van der Waals surface area contributed by atoms with Crippen molar-refractivity contribution in [3.63, 3.8) is 0 Å². The summed E-state index contributed by atoms with van der Waals surface area (Å²) in [5, 5.41) is 0. The minimum absolute atomic E-state index is 0.655. The molecule has 0 fully saturated rings. The molecular formula is C18H15OSi. The second-order valence-corrected chi connectivity index (χ2v) is 4.94. The molecule has 0 saturated carbocycles. The van der Waals surface area contributed by atoms with Gasteiger partial charge in [-0.2, -0.15) is 0 Å². The molecule has 3 aromatic rings. The highest BCUT2D eigenvalue weighted by Gasteiger charge is 2.12. The van der Waals surface area contributed by atoms with Gasteiger partial charge >= 0.3 is 0 Å². The highest BCUT2D eigenvalue weighted by molar-refractivity contribution is 6.01. The van der Waals surface area contributed by atoms with Crippen molar-refractivity contribution in [1.29, 1.82) is 0 Å². The Hall–Kier alpha value is -2.32. The molecule has 20 heavy (non-hydrogen) atoms. The smallest absolute Gasteiger partial charge is 0.204 e. The van der Waals surface area contributed by atoms with Gasteiger partial charge in [0.15, 0.2) is 0 Å². The fourth-order valence-corrected chi connectivity index (χ4v) is 2.71. The molecule has 3 aromatic carbocycles. The normalized spacial score (nSPS) is 10.4. The highest BCUT2D eigenvalue weighted by atomic mass is 28.2. The van der Waals surface area contributed by atoms with Crippen molar-refractivity contribution in [2.75, 3.05) is 0 Å². The number of hydrogen-bond acceptors (Lipinski definition) is 1. The van der Waals surface area contributed by atoms with Crippen LogP contribution in [0.15, 0.2) is 72.8 Å². The second kappa shape index (κ2) is 5.76. The fraction of sp³-hybridized carbons (Fsp3) is 0. The van der Waals surface area contributed by atoms with Crippen LogP contribution < -0.4 is 4.43 Å². The lowest BCUT2D eigenvalue weighted by atomic mass is 9.94. The average Bonchev–Trinajstić information content (AvgIpc) is 2.55. The Morgan fingerprint density at radius 3 is 1.95 bits per heavy atom. The number of rotatable bonds is 3. The molecule has 1 nitrogen and oxygen atoms in total. The minimum Gasteiger partial charge on any atom is -0.552 e. The van der Waals surface area contributed by atoms with E-state index in [4.69, 9.17) is 4.43 Å². The van der Waals surface area contributed by atoms with Crippen LogP contribution in [0.3, 0.4) is 0 Å². The van der Waals surface area contributed by atoms with Gasteiger partial charge in [-0.05, 0) is 22.8 Å². The van der Waals surface area contributed by atoms with Crippen molar-refractivity contribution in [2.45, 2.75) is 0 Å². The first kappa shape index (κ1) is 12.7. The first-order valence-corrected chi connectivity index (χ1v) is 7.41. The first-order valence-electron chi connectivity index (χ1n) is 6.59. The number of benzene rings is 3. The van der Waals surface area contributed by atoms with E-state index in [1.165, 1.54) is 11.1 Å². The van der Waals surface area contributed by atoms with Crippen LogP contribution in [0.1, 0.15) is 0 Å². The molecule has 0 aliphatic heterocycles. The summed E-state index contributed by atoms with van der Waals surface area (Å²) in [6, 6.07) is 28.0. The van der Waals surface area contributed by atoms with Crippen molar-refractivity contribution < 1.29 is 4.43 Å². The lowest BCUT2D eigenvalue weighted by molar-refractivity contribution is 0.617. The standard InChI is InChI=1S/C18H15OSi/c20-19-17-13-7-12-16(14-8-3-1-4-9-14)18(17)15-10-5-2-6-11-15/h1-12H,20H3. The van der Waals surface area contributed by atoms with Crippen molar-refractivity contribution >= 4 is 10.5 Å². The van der Waals surface area contributed by atoms with Gasteiger partial charge in [-0.3, -0.25) is 0 Å². The fourth-order valence-electron chi connectivity index (χ4n) is 2.39. The van der Waals surface area contributed by atoms with Gasteiger partial charge in [0.05, 0.1) is 0 Å². The summed E-state index contributed by atoms with van der Waals surface area (Å²) in [7, 11) is 0.655. The average molecular weight is 275 g/mol. The van der Waals surface area contributed by atoms with Crippen LogP contribution in [-0.2, 0) is 0 Å². The Labute approximate surface area is 122 Å². The Balaban J connectivity index is 2.26. The summed E-state index contributed by atoms with van der Waals surface area (Å²) >= 11 is 0. The Morgan fingerprint density at radius 1 is 0.750 bits per heavy atom. The van der Waals surface area contributed by atoms with Crippen molar-refractivity contribution in [2.24, 2.45) is 0 Å². The predicted molar refractivity (Wildman–Crippen MR) is 86.7 cm³/mol. The van der Waals surface area contributed by atoms with Gasteiger partial charge < -0.3 is 4.43 Å². The van der Waals surface area contributed by atoms with Crippen LogP contribution in [0.25, 0.3) is 22.3 Å². The Morgan fingerprint density at radius 2 is 1.35 bits per heavy atom. The molecule has 2 heteroatoms. The molecule has 1 radical (unpaired) electrons. The van der Waals surface area contributed by atoms with Gasteiger partial charge in [0.25, 0.3) is 0 Å². The van der Waals surface area contributed by atoms with E-state index in [2.05, 4.69) is 48.5 Å². The van der Waals surface area contributed by atoms with Gasteiger partial charge in [-0.25, -0.2) is 0 Å². The molecular weight excluding hydrogens is 260 g/mol. The molecule has 0 N–H and O–H groups in total. The summed E-state index contributed by atoms with van der Waals surface area (Å²) < 4.78 is 5.65. The van der Waals surface area contributed by atoms with Crippen molar-refractivity contribution in [3.8, 4) is 28.0 Å². The first-order chi connectivity index (χ1) is 9.90. The molecule has 0 aromatic heterocycles. The molecule has 0 aliphatic carbocycles.